The predicted molar refractivity (Wildman–Crippen MR) is 73.9 cm³/mol. The van der Waals surface area contributed by atoms with Crippen LogP contribution >= 0.6 is 0 Å². The van der Waals surface area contributed by atoms with Crippen LogP contribution < -0.4 is 4.74 Å². The van der Waals surface area contributed by atoms with Crippen molar-refractivity contribution in [1.29, 1.82) is 0 Å². The normalized spacial score (nSPS) is 10.7. The Bertz CT molecular complexity index is 790. The lowest BCUT2D eigenvalue weighted by atomic mass is 10.1. The number of carboxylic acids is 1. The highest BCUT2D eigenvalue weighted by Crippen LogP contribution is 2.22. The van der Waals surface area contributed by atoms with Crippen LogP contribution in [0.25, 0.3) is 11.0 Å². The van der Waals surface area contributed by atoms with Crippen molar-refractivity contribution < 1.29 is 23.4 Å². The molecular weight excluding hydrogens is 275 g/mol. The molecule has 0 radical (unpaired) electrons. The molecule has 106 valence electrons. The number of carbonyl (C=O) groups is 1. The predicted octanol–water partition coefficient (Wildman–Crippen LogP) is 3.85. The van der Waals surface area contributed by atoms with Crippen LogP contribution in [0.5, 0.6) is 5.75 Å². The molecule has 0 aliphatic rings. The lowest BCUT2D eigenvalue weighted by Gasteiger charge is -2.06. The molecule has 1 aromatic heterocycles. The van der Waals surface area contributed by atoms with Crippen molar-refractivity contribution in [3.8, 4) is 5.75 Å². The Kier molecular flexibility index (Phi) is 3.31. The second kappa shape index (κ2) is 5.28. The molecule has 0 bridgehead atoms. The number of aromatic carboxylic acids is 1. The summed E-state index contributed by atoms with van der Waals surface area (Å²) in [6.45, 7) is 0.301. The Morgan fingerprint density at radius 2 is 1.90 bits per heavy atom. The molecular formula is C16H11FO4. The molecule has 0 aliphatic heterocycles. The SMILES string of the molecule is O=C(O)c1cc2cc(COc3ccc(F)cc3)ccc2o1. The van der Waals surface area contributed by atoms with Crippen molar-refractivity contribution in [2.24, 2.45) is 0 Å². The Balaban J connectivity index is 1.77. The van der Waals surface area contributed by atoms with Crippen molar-refractivity contribution in [2.45, 2.75) is 6.61 Å². The van der Waals surface area contributed by atoms with E-state index in [9.17, 15) is 9.18 Å². The first-order valence-electron chi connectivity index (χ1n) is 6.26. The van der Waals surface area contributed by atoms with Gasteiger partial charge in [-0.05, 0) is 48.0 Å². The van der Waals surface area contributed by atoms with Crippen LogP contribution in [-0.2, 0) is 6.61 Å². The molecule has 0 saturated heterocycles. The maximum atomic E-state index is 12.8. The zero-order valence-corrected chi connectivity index (χ0v) is 10.9. The smallest absolute Gasteiger partial charge is 0.371 e. The van der Waals surface area contributed by atoms with Gasteiger partial charge in [0.1, 0.15) is 23.8 Å². The zero-order valence-electron chi connectivity index (χ0n) is 10.9. The summed E-state index contributed by atoms with van der Waals surface area (Å²) >= 11 is 0. The van der Waals surface area contributed by atoms with E-state index in [-0.39, 0.29) is 11.6 Å². The van der Waals surface area contributed by atoms with Gasteiger partial charge < -0.3 is 14.3 Å². The third-order valence-electron chi connectivity index (χ3n) is 3.01. The fourth-order valence-corrected chi connectivity index (χ4v) is 1.99. The van der Waals surface area contributed by atoms with Gasteiger partial charge in [-0.15, -0.1) is 0 Å². The van der Waals surface area contributed by atoms with Crippen molar-refractivity contribution in [3.63, 3.8) is 0 Å². The summed E-state index contributed by atoms with van der Waals surface area (Å²) in [5.41, 5.74) is 1.38. The average molecular weight is 286 g/mol. The minimum absolute atomic E-state index is 0.0957. The van der Waals surface area contributed by atoms with Crippen molar-refractivity contribution in [1.82, 2.24) is 0 Å². The molecule has 0 spiro atoms. The fraction of sp³-hybridized carbons (Fsp3) is 0.0625. The summed E-state index contributed by atoms with van der Waals surface area (Å²) in [5.74, 6) is -0.949. The number of halogens is 1. The van der Waals surface area contributed by atoms with Crippen LogP contribution in [0.15, 0.2) is 52.9 Å². The molecule has 21 heavy (non-hydrogen) atoms. The maximum absolute atomic E-state index is 12.8. The van der Waals surface area contributed by atoms with Gasteiger partial charge in [0, 0.05) is 5.39 Å². The first-order valence-corrected chi connectivity index (χ1v) is 6.26. The summed E-state index contributed by atoms with van der Waals surface area (Å²) in [7, 11) is 0. The topological polar surface area (TPSA) is 59.7 Å². The highest BCUT2D eigenvalue weighted by Gasteiger charge is 2.10. The molecule has 1 N–H and O–H groups in total. The Morgan fingerprint density at radius 3 is 2.62 bits per heavy atom. The average Bonchev–Trinajstić information content (AvgIpc) is 2.90. The van der Waals surface area contributed by atoms with E-state index >= 15 is 0 Å². The number of carboxylic acid groups (broad SMARTS) is 1. The highest BCUT2D eigenvalue weighted by molar-refractivity contribution is 5.91. The van der Waals surface area contributed by atoms with Gasteiger partial charge in [0.25, 0.3) is 0 Å². The summed E-state index contributed by atoms with van der Waals surface area (Å²) in [6.07, 6.45) is 0. The van der Waals surface area contributed by atoms with Crippen LogP contribution in [0.2, 0.25) is 0 Å². The molecule has 3 aromatic rings. The second-order valence-corrected chi connectivity index (χ2v) is 4.53. The molecule has 3 rings (SSSR count). The molecule has 0 saturated carbocycles. The van der Waals surface area contributed by atoms with Gasteiger partial charge >= 0.3 is 5.97 Å². The quantitative estimate of drug-likeness (QED) is 0.791. The lowest BCUT2D eigenvalue weighted by Crippen LogP contribution is -1.95. The highest BCUT2D eigenvalue weighted by atomic mass is 19.1. The van der Waals surface area contributed by atoms with Crippen LogP contribution in [-0.4, -0.2) is 11.1 Å². The van der Waals surface area contributed by atoms with E-state index in [0.717, 1.165) is 5.56 Å². The van der Waals surface area contributed by atoms with Gasteiger partial charge in [-0.25, -0.2) is 9.18 Å². The number of benzene rings is 2. The summed E-state index contributed by atoms with van der Waals surface area (Å²) < 4.78 is 23.5. The lowest BCUT2D eigenvalue weighted by molar-refractivity contribution is 0.0665. The number of rotatable bonds is 4. The van der Waals surface area contributed by atoms with E-state index in [1.165, 1.54) is 18.2 Å². The fourth-order valence-electron chi connectivity index (χ4n) is 1.99. The minimum atomic E-state index is -1.10. The van der Waals surface area contributed by atoms with Gasteiger partial charge in [-0.2, -0.15) is 0 Å². The number of hydrogen-bond acceptors (Lipinski definition) is 3. The van der Waals surface area contributed by atoms with Gasteiger partial charge in [0.15, 0.2) is 0 Å². The van der Waals surface area contributed by atoms with E-state index in [1.54, 1.807) is 30.3 Å². The standard InChI is InChI=1S/C16H11FO4/c17-12-2-4-13(5-3-12)20-9-10-1-6-14-11(7-10)8-15(21-14)16(18)19/h1-8H,9H2,(H,18,19). The van der Waals surface area contributed by atoms with E-state index in [2.05, 4.69) is 0 Å². The zero-order chi connectivity index (χ0) is 14.8. The van der Waals surface area contributed by atoms with Gasteiger partial charge in [-0.3, -0.25) is 0 Å². The van der Waals surface area contributed by atoms with Crippen LogP contribution in [0.1, 0.15) is 16.1 Å². The van der Waals surface area contributed by atoms with Crippen LogP contribution in [0.4, 0.5) is 4.39 Å². The third-order valence-corrected chi connectivity index (χ3v) is 3.01. The molecule has 0 atom stereocenters. The maximum Gasteiger partial charge on any atom is 0.371 e. The Morgan fingerprint density at radius 1 is 1.14 bits per heavy atom. The minimum Gasteiger partial charge on any atom is -0.489 e. The summed E-state index contributed by atoms with van der Waals surface area (Å²) in [4.78, 5) is 10.8. The number of furan rings is 1. The number of ether oxygens (including phenoxy) is 1. The Hall–Kier alpha value is -2.82. The first kappa shape index (κ1) is 13.2. The molecule has 0 amide bonds. The Labute approximate surface area is 119 Å². The van der Waals surface area contributed by atoms with E-state index in [4.69, 9.17) is 14.3 Å². The van der Waals surface area contributed by atoms with E-state index < -0.39 is 5.97 Å². The molecule has 2 aromatic carbocycles. The van der Waals surface area contributed by atoms with Gasteiger partial charge in [-0.1, -0.05) is 6.07 Å². The molecule has 0 fully saturated rings. The van der Waals surface area contributed by atoms with Crippen LogP contribution in [0, 0.1) is 5.82 Å². The molecule has 0 unspecified atom stereocenters. The molecule has 5 heteroatoms. The third kappa shape index (κ3) is 2.86. The van der Waals surface area contributed by atoms with Gasteiger partial charge in [0.05, 0.1) is 0 Å². The van der Waals surface area contributed by atoms with Crippen molar-refractivity contribution >= 4 is 16.9 Å². The summed E-state index contributed by atoms with van der Waals surface area (Å²) in [5, 5.41) is 9.58. The van der Waals surface area contributed by atoms with Crippen LogP contribution in [0.3, 0.4) is 0 Å². The van der Waals surface area contributed by atoms with Crippen molar-refractivity contribution in [3.05, 3.63) is 65.7 Å². The molecule has 4 nitrogen and oxygen atoms in total. The van der Waals surface area contributed by atoms with Gasteiger partial charge in [0.2, 0.25) is 5.76 Å². The molecule has 1 heterocycles. The van der Waals surface area contributed by atoms with Crippen molar-refractivity contribution in [2.75, 3.05) is 0 Å². The summed E-state index contributed by atoms with van der Waals surface area (Å²) in [6, 6.07) is 12.5. The first-order chi connectivity index (χ1) is 10.1. The molecule has 0 aliphatic carbocycles. The number of hydrogen-bond donors (Lipinski definition) is 1. The number of fused-ring (bicyclic) bond motifs is 1. The monoisotopic (exact) mass is 286 g/mol. The van der Waals surface area contributed by atoms with E-state index in [1.807, 2.05) is 0 Å². The van der Waals surface area contributed by atoms with E-state index in [0.29, 0.717) is 23.3 Å². The largest absolute Gasteiger partial charge is 0.489 e. The second-order valence-electron chi connectivity index (χ2n) is 4.53.